The minimum Gasteiger partial charge on any atom is -0.393 e. The number of carbonyl (C=O) groups excluding carboxylic acids is 1. The number of piperazine rings is 1. The molecule has 0 unspecified atom stereocenters. The van der Waals surface area contributed by atoms with E-state index in [2.05, 4.69) is 4.90 Å². The summed E-state index contributed by atoms with van der Waals surface area (Å²) in [6, 6.07) is 0. The van der Waals surface area contributed by atoms with Gasteiger partial charge in [0.05, 0.1) is 4.99 Å². The molecule has 2 N–H and O–H groups in total. The van der Waals surface area contributed by atoms with Gasteiger partial charge in [0.2, 0.25) is 5.91 Å². The Bertz CT molecular complexity index is 250. The predicted molar refractivity (Wildman–Crippen MR) is 69.3 cm³/mol. The summed E-state index contributed by atoms with van der Waals surface area (Å²) in [5.74, 6) is 0.188. The van der Waals surface area contributed by atoms with Gasteiger partial charge < -0.3 is 10.6 Å². The summed E-state index contributed by atoms with van der Waals surface area (Å²) >= 11 is 4.83. The largest absolute Gasteiger partial charge is 0.393 e. The van der Waals surface area contributed by atoms with Crippen molar-refractivity contribution < 1.29 is 4.79 Å². The fourth-order valence-electron chi connectivity index (χ4n) is 1.92. The zero-order valence-electron chi connectivity index (χ0n) is 9.95. The minimum absolute atomic E-state index is 0.188. The van der Waals surface area contributed by atoms with Gasteiger partial charge in [0.25, 0.3) is 0 Å². The van der Waals surface area contributed by atoms with Gasteiger partial charge in [-0.15, -0.1) is 0 Å². The average Bonchev–Trinajstić information content (AvgIpc) is 2.25. The van der Waals surface area contributed by atoms with E-state index in [1.54, 1.807) is 6.92 Å². The van der Waals surface area contributed by atoms with Gasteiger partial charge in [-0.2, -0.15) is 0 Å². The summed E-state index contributed by atoms with van der Waals surface area (Å²) < 4.78 is 0. The van der Waals surface area contributed by atoms with Gasteiger partial charge >= 0.3 is 0 Å². The van der Waals surface area contributed by atoms with Crippen LogP contribution in [0.4, 0.5) is 0 Å². The van der Waals surface area contributed by atoms with Gasteiger partial charge in [-0.05, 0) is 25.8 Å². The molecule has 1 aliphatic rings. The lowest BCUT2D eigenvalue weighted by atomic mass is 10.2. The number of hydrogen-bond donors (Lipinski definition) is 1. The number of unbranched alkanes of at least 4 members (excludes halogenated alkanes) is 1. The summed E-state index contributed by atoms with van der Waals surface area (Å²) in [6.45, 7) is 6.45. The van der Waals surface area contributed by atoms with Crippen molar-refractivity contribution in [3.8, 4) is 0 Å². The first-order chi connectivity index (χ1) is 7.59. The maximum atomic E-state index is 11.1. The van der Waals surface area contributed by atoms with Crippen molar-refractivity contribution in [1.82, 2.24) is 9.80 Å². The topological polar surface area (TPSA) is 49.6 Å². The Morgan fingerprint density at radius 3 is 2.38 bits per heavy atom. The summed E-state index contributed by atoms with van der Waals surface area (Å²) in [5, 5.41) is 0. The molecule has 1 rings (SSSR count). The zero-order valence-corrected chi connectivity index (χ0v) is 10.8. The fourth-order valence-corrected chi connectivity index (χ4v) is 2.07. The van der Waals surface area contributed by atoms with Gasteiger partial charge in [-0.1, -0.05) is 12.2 Å². The predicted octanol–water partition coefficient (Wildman–Crippen LogP) is 0.607. The van der Waals surface area contributed by atoms with Crippen LogP contribution in [0.3, 0.4) is 0 Å². The van der Waals surface area contributed by atoms with Crippen molar-refractivity contribution >= 4 is 23.1 Å². The molecule has 0 saturated carbocycles. The third-order valence-electron chi connectivity index (χ3n) is 2.97. The van der Waals surface area contributed by atoms with Gasteiger partial charge in [0.15, 0.2) is 0 Å². The third kappa shape index (κ3) is 4.90. The number of carbonyl (C=O) groups is 1. The molecule has 1 heterocycles. The SMILES string of the molecule is CC(=O)N1CCN(CCCCC(N)=S)CC1. The molecule has 4 nitrogen and oxygen atoms in total. The Balaban J connectivity index is 2.08. The smallest absolute Gasteiger partial charge is 0.219 e. The number of rotatable bonds is 5. The molecule has 1 fully saturated rings. The highest BCUT2D eigenvalue weighted by molar-refractivity contribution is 7.80. The second-order valence-corrected chi connectivity index (χ2v) is 4.80. The first kappa shape index (κ1) is 13.4. The standard InChI is InChI=1S/C11H21N3OS/c1-10(15)14-8-6-13(7-9-14)5-3-2-4-11(12)16/h2-9H2,1H3,(H2,12,16). The van der Waals surface area contributed by atoms with E-state index in [4.69, 9.17) is 18.0 Å². The Hall–Kier alpha value is -0.680. The molecule has 0 aromatic rings. The van der Waals surface area contributed by atoms with E-state index in [-0.39, 0.29) is 5.91 Å². The van der Waals surface area contributed by atoms with Crippen molar-refractivity contribution in [3.05, 3.63) is 0 Å². The number of hydrogen-bond acceptors (Lipinski definition) is 3. The summed E-state index contributed by atoms with van der Waals surface area (Å²) in [5.41, 5.74) is 5.44. The van der Waals surface area contributed by atoms with Crippen LogP contribution in [-0.4, -0.2) is 53.4 Å². The van der Waals surface area contributed by atoms with Gasteiger partial charge in [0.1, 0.15) is 0 Å². The quantitative estimate of drug-likeness (QED) is 0.568. The maximum absolute atomic E-state index is 11.1. The van der Waals surface area contributed by atoms with E-state index in [9.17, 15) is 4.79 Å². The number of amides is 1. The highest BCUT2D eigenvalue weighted by Crippen LogP contribution is 2.04. The molecule has 16 heavy (non-hydrogen) atoms. The van der Waals surface area contributed by atoms with Crippen LogP contribution in [0.2, 0.25) is 0 Å². The van der Waals surface area contributed by atoms with Crippen LogP contribution >= 0.6 is 12.2 Å². The van der Waals surface area contributed by atoms with Crippen LogP contribution in [0.5, 0.6) is 0 Å². The lowest BCUT2D eigenvalue weighted by Crippen LogP contribution is -2.48. The van der Waals surface area contributed by atoms with Gasteiger partial charge in [0, 0.05) is 33.1 Å². The van der Waals surface area contributed by atoms with Crippen LogP contribution in [0.25, 0.3) is 0 Å². The summed E-state index contributed by atoms with van der Waals surface area (Å²) in [4.78, 5) is 16.0. The molecular weight excluding hydrogens is 222 g/mol. The number of nitrogens with two attached hydrogens (primary N) is 1. The normalized spacial score (nSPS) is 17.4. The van der Waals surface area contributed by atoms with Gasteiger partial charge in [-0.3, -0.25) is 9.69 Å². The van der Waals surface area contributed by atoms with E-state index in [0.29, 0.717) is 4.99 Å². The Kier molecular flexibility index (Phi) is 5.69. The molecule has 1 amide bonds. The first-order valence-electron chi connectivity index (χ1n) is 5.86. The first-order valence-corrected chi connectivity index (χ1v) is 6.26. The molecule has 1 aliphatic heterocycles. The molecule has 5 heteroatoms. The molecule has 0 aromatic carbocycles. The monoisotopic (exact) mass is 243 g/mol. The molecular formula is C11H21N3OS. The molecule has 0 aromatic heterocycles. The van der Waals surface area contributed by atoms with Crippen molar-refractivity contribution in [3.63, 3.8) is 0 Å². The Labute approximate surface area is 103 Å². The van der Waals surface area contributed by atoms with Crippen molar-refractivity contribution in [2.75, 3.05) is 32.7 Å². The van der Waals surface area contributed by atoms with Crippen molar-refractivity contribution in [2.45, 2.75) is 26.2 Å². The van der Waals surface area contributed by atoms with Crippen LogP contribution in [0.1, 0.15) is 26.2 Å². The van der Waals surface area contributed by atoms with E-state index < -0.39 is 0 Å². The summed E-state index contributed by atoms with van der Waals surface area (Å²) in [7, 11) is 0. The van der Waals surface area contributed by atoms with Crippen LogP contribution in [0.15, 0.2) is 0 Å². The highest BCUT2D eigenvalue weighted by atomic mass is 32.1. The summed E-state index contributed by atoms with van der Waals surface area (Å²) in [6.07, 6.45) is 3.06. The molecule has 0 atom stereocenters. The van der Waals surface area contributed by atoms with E-state index in [0.717, 1.165) is 52.0 Å². The molecule has 0 bridgehead atoms. The molecule has 0 spiro atoms. The third-order valence-corrected chi connectivity index (χ3v) is 3.17. The van der Waals surface area contributed by atoms with Crippen LogP contribution < -0.4 is 5.73 Å². The van der Waals surface area contributed by atoms with E-state index in [1.165, 1.54) is 0 Å². The highest BCUT2D eigenvalue weighted by Gasteiger charge is 2.17. The second-order valence-electron chi connectivity index (χ2n) is 4.27. The van der Waals surface area contributed by atoms with Crippen LogP contribution in [-0.2, 0) is 4.79 Å². The maximum Gasteiger partial charge on any atom is 0.219 e. The zero-order chi connectivity index (χ0) is 12.0. The van der Waals surface area contributed by atoms with E-state index >= 15 is 0 Å². The lowest BCUT2D eigenvalue weighted by molar-refractivity contribution is -0.130. The van der Waals surface area contributed by atoms with Gasteiger partial charge in [-0.25, -0.2) is 0 Å². The number of thiocarbonyl (C=S) groups is 1. The molecule has 1 saturated heterocycles. The average molecular weight is 243 g/mol. The second kappa shape index (κ2) is 6.81. The molecule has 0 radical (unpaired) electrons. The minimum atomic E-state index is 0.188. The number of nitrogens with zero attached hydrogens (tertiary/aromatic N) is 2. The fraction of sp³-hybridized carbons (Fsp3) is 0.818. The Morgan fingerprint density at radius 1 is 1.25 bits per heavy atom. The molecule has 92 valence electrons. The lowest BCUT2D eigenvalue weighted by Gasteiger charge is -2.34. The van der Waals surface area contributed by atoms with Crippen molar-refractivity contribution in [1.29, 1.82) is 0 Å². The van der Waals surface area contributed by atoms with Crippen LogP contribution in [0, 0.1) is 0 Å². The van der Waals surface area contributed by atoms with Crippen molar-refractivity contribution in [2.24, 2.45) is 5.73 Å². The Morgan fingerprint density at radius 2 is 1.88 bits per heavy atom. The molecule has 0 aliphatic carbocycles. The van der Waals surface area contributed by atoms with E-state index in [1.807, 2.05) is 4.90 Å².